The van der Waals surface area contributed by atoms with Gasteiger partial charge in [-0.05, 0) is 12.8 Å². The number of hydrogen-bond acceptors (Lipinski definition) is 3. The van der Waals surface area contributed by atoms with Crippen molar-refractivity contribution in [2.45, 2.75) is 39.3 Å². The summed E-state index contributed by atoms with van der Waals surface area (Å²) in [5.41, 5.74) is 2.42. The maximum absolute atomic E-state index is 4.50. The second kappa shape index (κ2) is 5.35. The van der Waals surface area contributed by atoms with Crippen molar-refractivity contribution in [3.8, 4) is 0 Å². The molecule has 0 aliphatic rings. The molecule has 18 heavy (non-hydrogen) atoms. The number of rotatable bonds is 5. The molecule has 0 aliphatic carbocycles. The van der Waals surface area contributed by atoms with Gasteiger partial charge in [0.25, 0.3) is 0 Å². The van der Waals surface area contributed by atoms with Gasteiger partial charge in [-0.3, -0.25) is 4.68 Å². The molecule has 5 heteroatoms. The monoisotopic (exact) mass is 247 g/mol. The van der Waals surface area contributed by atoms with E-state index in [1.807, 2.05) is 17.9 Å². The highest BCUT2D eigenvalue weighted by Crippen LogP contribution is 2.18. The van der Waals surface area contributed by atoms with Crippen LogP contribution in [0.2, 0.25) is 0 Å². The highest BCUT2D eigenvalue weighted by molar-refractivity contribution is 5.20. The first kappa shape index (κ1) is 12.8. The van der Waals surface area contributed by atoms with E-state index in [9.17, 15) is 0 Å². The molecule has 2 rings (SSSR count). The number of imidazole rings is 1. The zero-order valence-corrected chi connectivity index (χ0v) is 11.4. The lowest BCUT2D eigenvalue weighted by molar-refractivity contribution is 0.547. The topological polar surface area (TPSA) is 58.5 Å². The van der Waals surface area contributed by atoms with E-state index in [1.54, 1.807) is 6.20 Å². The van der Waals surface area contributed by atoms with Crippen molar-refractivity contribution in [1.29, 1.82) is 0 Å². The summed E-state index contributed by atoms with van der Waals surface area (Å²) in [6, 6.07) is 0.209. The Morgan fingerprint density at radius 1 is 1.39 bits per heavy atom. The third-order valence-corrected chi connectivity index (χ3v) is 3.01. The summed E-state index contributed by atoms with van der Waals surface area (Å²) in [6.07, 6.45) is 5.70. The van der Waals surface area contributed by atoms with E-state index in [-0.39, 0.29) is 6.04 Å². The Hall–Kier alpha value is -1.62. The number of nitrogens with one attached hydrogen (secondary N) is 2. The van der Waals surface area contributed by atoms with Crippen LogP contribution in [0, 0.1) is 0 Å². The molecule has 0 aliphatic heterocycles. The van der Waals surface area contributed by atoms with Crippen molar-refractivity contribution in [3.63, 3.8) is 0 Å². The lowest BCUT2D eigenvalue weighted by Gasteiger charge is -2.12. The Kier molecular flexibility index (Phi) is 3.81. The summed E-state index contributed by atoms with van der Waals surface area (Å²) in [5, 5.41) is 7.97. The summed E-state index contributed by atoms with van der Waals surface area (Å²) in [4.78, 5) is 7.37. The fraction of sp³-hybridized carbons (Fsp3) is 0.538. The number of aromatic nitrogens is 4. The minimum absolute atomic E-state index is 0.209. The molecule has 2 N–H and O–H groups in total. The van der Waals surface area contributed by atoms with Gasteiger partial charge in [-0.25, -0.2) is 4.98 Å². The number of nitrogens with zero attached hydrogens (tertiary/aromatic N) is 3. The van der Waals surface area contributed by atoms with Crippen LogP contribution in [-0.4, -0.2) is 19.7 Å². The fourth-order valence-electron chi connectivity index (χ4n) is 2.05. The van der Waals surface area contributed by atoms with Crippen LogP contribution >= 0.6 is 0 Å². The van der Waals surface area contributed by atoms with Crippen molar-refractivity contribution in [2.24, 2.45) is 7.05 Å². The van der Waals surface area contributed by atoms with Gasteiger partial charge in [0, 0.05) is 37.7 Å². The summed E-state index contributed by atoms with van der Waals surface area (Å²) < 4.78 is 1.88. The molecule has 0 bridgehead atoms. The van der Waals surface area contributed by atoms with E-state index in [0.29, 0.717) is 5.92 Å². The van der Waals surface area contributed by atoms with Gasteiger partial charge in [0.2, 0.25) is 0 Å². The third kappa shape index (κ3) is 2.79. The molecule has 0 fully saturated rings. The van der Waals surface area contributed by atoms with Crippen molar-refractivity contribution in [2.75, 3.05) is 0 Å². The predicted octanol–water partition coefficient (Wildman–Crippen LogP) is 2.12. The first-order chi connectivity index (χ1) is 8.58. The highest BCUT2D eigenvalue weighted by Gasteiger charge is 2.13. The lowest BCUT2D eigenvalue weighted by atomic mass is 10.1. The molecular weight excluding hydrogens is 226 g/mol. The molecule has 0 saturated carbocycles. The number of hydrogen-bond donors (Lipinski definition) is 2. The second-order valence-corrected chi connectivity index (χ2v) is 4.94. The van der Waals surface area contributed by atoms with Gasteiger partial charge in [0.15, 0.2) is 0 Å². The van der Waals surface area contributed by atoms with Crippen molar-refractivity contribution >= 4 is 0 Å². The van der Waals surface area contributed by atoms with Gasteiger partial charge in [-0.2, -0.15) is 5.10 Å². The zero-order chi connectivity index (χ0) is 13.1. The van der Waals surface area contributed by atoms with Gasteiger partial charge >= 0.3 is 0 Å². The largest absolute Gasteiger partial charge is 0.347 e. The van der Waals surface area contributed by atoms with Crippen LogP contribution in [0.5, 0.6) is 0 Å². The first-order valence-electron chi connectivity index (χ1n) is 6.33. The van der Waals surface area contributed by atoms with E-state index < -0.39 is 0 Å². The molecule has 2 aromatic heterocycles. The highest BCUT2D eigenvalue weighted by atomic mass is 15.3. The molecule has 0 amide bonds. The quantitative estimate of drug-likeness (QED) is 0.851. The lowest BCUT2D eigenvalue weighted by Crippen LogP contribution is -2.19. The van der Waals surface area contributed by atoms with Gasteiger partial charge < -0.3 is 10.3 Å². The van der Waals surface area contributed by atoms with E-state index >= 15 is 0 Å². The SMILES string of the molecule is CC(C)c1nn(C)cc1CNC(C)c1ncc[nH]1. The molecule has 2 aromatic rings. The van der Waals surface area contributed by atoms with Crippen molar-refractivity contribution < 1.29 is 0 Å². The molecule has 1 unspecified atom stereocenters. The Morgan fingerprint density at radius 3 is 2.78 bits per heavy atom. The smallest absolute Gasteiger partial charge is 0.122 e. The van der Waals surface area contributed by atoms with Gasteiger partial charge in [0.1, 0.15) is 5.82 Å². The van der Waals surface area contributed by atoms with Gasteiger partial charge in [-0.15, -0.1) is 0 Å². The first-order valence-corrected chi connectivity index (χ1v) is 6.33. The number of aromatic amines is 1. The minimum Gasteiger partial charge on any atom is -0.347 e. The Balaban J connectivity index is 2.02. The summed E-state index contributed by atoms with van der Waals surface area (Å²) in [6.45, 7) is 7.25. The molecule has 1 atom stereocenters. The van der Waals surface area contributed by atoms with Gasteiger partial charge in [0.05, 0.1) is 11.7 Å². The molecule has 0 aromatic carbocycles. The molecule has 0 spiro atoms. The summed E-state index contributed by atoms with van der Waals surface area (Å²) in [5.74, 6) is 1.41. The number of H-pyrrole nitrogens is 1. The Morgan fingerprint density at radius 2 is 2.17 bits per heavy atom. The van der Waals surface area contributed by atoms with Crippen molar-refractivity contribution in [3.05, 3.63) is 35.7 Å². The zero-order valence-electron chi connectivity index (χ0n) is 11.4. The van der Waals surface area contributed by atoms with E-state index in [0.717, 1.165) is 18.1 Å². The Bertz CT molecular complexity index is 483. The molecule has 0 saturated heterocycles. The van der Waals surface area contributed by atoms with Crippen LogP contribution in [0.15, 0.2) is 18.6 Å². The standard InChI is InChI=1S/C13H21N5/c1-9(2)12-11(8-18(4)17-12)7-16-10(3)13-14-5-6-15-13/h5-6,8-10,16H,7H2,1-4H3,(H,14,15). The maximum atomic E-state index is 4.50. The maximum Gasteiger partial charge on any atom is 0.122 e. The van der Waals surface area contributed by atoms with Crippen LogP contribution in [-0.2, 0) is 13.6 Å². The molecule has 5 nitrogen and oxygen atoms in total. The van der Waals surface area contributed by atoms with Crippen molar-refractivity contribution in [1.82, 2.24) is 25.1 Å². The van der Waals surface area contributed by atoms with Crippen LogP contribution < -0.4 is 5.32 Å². The van der Waals surface area contributed by atoms with Gasteiger partial charge in [-0.1, -0.05) is 13.8 Å². The molecule has 2 heterocycles. The normalized spacial score (nSPS) is 13.2. The van der Waals surface area contributed by atoms with Crippen LogP contribution in [0.25, 0.3) is 0 Å². The molecular formula is C13H21N5. The molecule has 0 radical (unpaired) electrons. The third-order valence-electron chi connectivity index (χ3n) is 3.01. The Labute approximate surface area is 108 Å². The second-order valence-electron chi connectivity index (χ2n) is 4.94. The van der Waals surface area contributed by atoms with E-state index in [2.05, 4.69) is 47.4 Å². The summed E-state index contributed by atoms with van der Waals surface area (Å²) >= 11 is 0. The van der Waals surface area contributed by atoms with E-state index in [4.69, 9.17) is 0 Å². The van der Waals surface area contributed by atoms with E-state index in [1.165, 1.54) is 5.56 Å². The number of aryl methyl sites for hydroxylation is 1. The predicted molar refractivity (Wildman–Crippen MR) is 71.1 cm³/mol. The summed E-state index contributed by atoms with van der Waals surface area (Å²) in [7, 11) is 1.96. The molecule has 98 valence electrons. The fourth-order valence-corrected chi connectivity index (χ4v) is 2.05. The van der Waals surface area contributed by atoms with Crippen LogP contribution in [0.1, 0.15) is 49.8 Å². The average Bonchev–Trinajstić information content (AvgIpc) is 2.94. The van der Waals surface area contributed by atoms with Crippen LogP contribution in [0.4, 0.5) is 0 Å². The average molecular weight is 247 g/mol. The minimum atomic E-state index is 0.209. The van der Waals surface area contributed by atoms with Crippen LogP contribution in [0.3, 0.4) is 0 Å².